The number of aromatic amines is 1. The fraction of sp³-hybridized carbons (Fsp3) is 0.533. The van der Waals surface area contributed by atoms with Crippen molar-refractivity contribution in [3.05, 3.63) is 24.5 Å². The molecular weight excluding hydrogens is 238 g/mol. The van der Waals surface area contributed by atoms with E-state index in [2.05, 4.69) is 40.1 Å². The summed E-state index contributed by atoms with van der Waals surface area (Å²) in [6.07, 6.45) is 5.85. The number of imidazole rings is 1. The third-order valence-corrected chi connectivity index (χ3v) is 4.19. The Morgan fingerprint density at radius 1 is 1.32 bits per heavy atom. The van der Waals surface area contributed by atoms with Crippen molar-refractivity contribution in [1.82, 2.24) is 9.97 Å². The van der Waals surface area contributed by atoms with E-state index in [1.54, 1.807) is 6.33 Å². The Bertz CT molecular complexity index is 543. The van der Waals surface area contributed by atoms with E-state index in [4.69, 9.17) is 0 Å². The van der Waals surface area contributed by atoms with Gasteiger partial charge in [-0.05, 0) is 49.8 Å². The summed E-state index contributed by atoms with van der Waals surface area (Å²) in [6, 6.07) is 6.34. The lowest BCUT2D eigenvalue weighted by Gasteiger charge is -2.30. The van der Waals surface area contributed by atoms with Gasteiger partial charge in [0.25, 0.3) is 0 Å². The number of nitrogens with zero attached hydrogens (tertiary/aromatic N) is 2. The predicted octanol–water partition coefficient (Wildman–Crippen LogP) is 2.55. The Hall–Kier alpha value is -1.55. The van der Waals surface area contributed by atoms with Crippen LogP contribution in [0.5, 0.6) is 0 Å². The van der Waals surface area contributed by atoms with Crippen molar-refractivity contribution in [2.45, 2.75) is 31.8 Å². The first-order valence-electron chi connectivity index (χ1n) is 7.05. The predicted molar refractivity (Wildman–Crippen MR) is 77.3 cm³/mol. The molecule has 2 N–H and O–H groups in total. The molecule has 1 aliphatic rings. The monoisotopic (exact) mass is 259 g/mol. The van der Waals surface area contributed by atoms with Gasteiger partial charge in [-0.1, -0.05) is 0 Å². The molecule has 0 amide bonds. The number of benzene rings is 1. The van der Waals surface area contributed by atoms with Crippen molar-refractivity contribution >= 4 is 16.7 Å². The molecule has 0 unspecified atom stereocenters. The molecule has 4 heteroatoms. The van der Waals surface area contributed by atoms with Crippen molar-refractivity contribution in [1.29, 1.82) is 0 Å². The van der Waals surface area contributed by atoms with Crippen LogP contribution < -0.4 is 4.90 Å². The van der Waals surface area contributed by atoms with Gasteiger partial charge in [-0.2, -0.15) is 0 Å². The van der Waals surface area contributed by atoms with Gasteiger partial charge in [-0.25, -0.2) is 4.98 Å². The van der Waals surface area contributed by atoms with Crippen molar-refractivity contribution in [2.75, 3.05) is 18.5 Å². The van der Waals surface area contributed by atoms with Crippen LogP contribution in [-0.2, 0) is 0 Å². The summed E-state index contributed by atoms with van der Waals surface area (Å²) in [7, 11) is 2.14. The van der Waals surface area contributed by atoms with Crippen molar-refractivity contribution < 1.29 is 5.11 Å². The lowest BCUT2D eigenvalue weighted by atomic mass is 9.87. The highest BCUT2D eigenvalue weighted by atomic mass is 16.3. The normalized spacial score (nSPS) is 23.7. The van der Waals surface area contributed by atoms with Crippen LogP contribution in [0.2, 0.25) is 0 Å². The smallest absolute Gasteiger partial charge is 0.0931 e. The zero-order valence-electron chi connectivity index (χ0n) is 11.3. The molecule has 1 aromatic heterocycles. The molecule has 102 valence electrons. The lowest BCUT2D eigenvalue weighted by molar-refractivity contribution is 0.110. The summed E-state index contributed by atoms with van der Waals surface area (Å²) < 4.78 is 0. The maximum Gasteiger partial charge on any atom is 0.0931 e. The quantitative estimate of drug-likeness (QED) is 0.890. The van der Waals surface area contributed by atoms with Gasteiger partial charge < -0.3 is 15.0 Å². The summed E-state index contributed by atoms with van der Waals surface area (Å²) in [5.74, 6) is 0.700. The number of aromatic nitrogens is 2. The fourth-order valence-corrected chi connectivity index (χ4v) is 2.98. The molecule has 0 bridgehead atoms. The number of hydrogen-bond acceptors (Lipinski definition) is 3. The highest BCUT2D eigenvalue weighted by Crippen LogP contribution is 2.27. The molecule has 1 saturated carbocycles. The molecule has 1 fully saturated rings. The summed E-state index contributed by atoms with van der Waals surface area (Å²) >= 11 is 0. The maximum absolute atomic E-state index is 9.55. The van der Waals surface area contributed by atoms with Crippen LogP contribution >= 0.6 is 0 Å². The van der Waals surface area contributed by atoms with Crippen molar-refractivity contribution in [2.24, 2.45) is 5.92 Å². The third-order valence-electron chi connectivity index (χ3n) is 4.19. The highest BCUT2D eigenvalue weighted by Gasteiger charge is 2.20. The first-order valence-corrected chi connectivity index (χ1v) is 7.05. The van der Waals surface area contributed by atoms with Crippen LogP contribution in [0.4, 0.5) is 5.69 Å². The van der Waals surface area contributed by atoms with Crippen LogP contribution in [0, 0.1) is 5.92 Å². The standard InChI is InChI=1S/C15H21N3O/c1-18(9-11-2-5-13(19)6-3-11)12-4-7-14-15(8-12)17-10-16-14/h4,7-8,10-11,13,19H,2-3,5-6,9H2,1H3,(H,16,17). The summed E-state index contributed by atoms with van der Waals surface area (Å²) in [5, 5.41) is 9.55. The van der Waals surface area contributed by atoms with Gasteiger partial charge >= 0.3 is 0 Å². The van der Waals surface area contributed by atoms with Crippen molar-refractivity contribution in [3.8, 4) is 0 Å². The minimum absolute atomic E-state index is 0.0668. The van der Waals surface area contributed by atoms with Crippen LogP contribution in [0.3, 0.4) is 0 Å². The van der Waals surface area contributed by atoms with Gasteiger partial charge in [0, 0.05) is 19.3 Å². The van der Waals surface area contributed by atoms with Crippen LogP contribution in [0.25, 0.3) is 11.0 Å². The van der Waals surface area contributed by atoms with E-state index < -0.39 is 0 Å². The van der Waals surface area contributed by atoms with E-state index in [1.165, 1.54) is 5.69 Å². The molecule has 1 aliphatic carbocycles. The molecule has 0 radical (unpaired) electrons. The second-order valence-electron chi connectivity index (χ2n) is 5.66. The topological polar surface area (TPSA) is 52.1 Å². The molecule has 3 rings (SSSR count). The highest BCUT2D eigenvalue weighted by molar-refractivity contribution is 5.78. The van der Waals surface area contributed by atoms with Gasteiger partial charge in [0.15, 0.2) is 0 Å². The Balaban J connectivity index is 1.67. The average Bonchev–Trinajstić information content (AvgIpc) is 2.88. The zero-order chi connectivity index (χ0) is 13.2. The second kappa shape index (κ2) is 5.21. The molecule has 4 nitrogen and oxygen atoms in total. The summed E-state index contributed by atoms with van der Waals surface area (Å²) in [6.45, 7) is 1.06. The summed E-state index contributed by atoms with van der Waals surface area (Å²) in [5.41, 5.74) is 3.32. The molecule has 0 atom stereocenters. The Labute approximate surface area is 113 Å². The SMILES string of the molecule is CN(CC1CCC(O)CC1)c1ccc2nc[nH]c2c1. The minimum atomic E-state index is -0.0668. The second-order valence-corrected chi connectivity index (χ2v) is 5.66. The minimum Gasteiger partial charge on any atom is -0.393 e. The number of nitrogens with one attached hydrogen (secondary N) is 1. The molecule has 1 aromatic carbocycles. The zero-order valence-corrected chi connectivity index (χ0v) is 11.3. The van der Waals surface area contributed by atoms with E-state index in [-0.39, 0.29) is 6.10 Å². The molecule has 0 spiro atoms. The summed E-state index contributed by atoms with van der Waals surface area (Å²) in [4.78, 5) is 9.70. The fourth-order valence-electron chi connectivity index (χ4n) is 2.98. The van der Waals surface area contributed by atoms with Gasteiger partial charge in [-0.15, -0.1) is 0 Å². The number of H-pyrrole nitrogens is 1. The molecular formula is C15H21N3O. The molecule has 19 heavy (non-hydrogen) atoms. The first kappa shape index (κ1) is 12.5. The third kappa shape index (κ3) is 2.73. The van der Waals surface area contributed by atoms with Gasteiger partial charge in [0.05, 0.1) is 23.5 Å². The number of fused-ring (bicyclic) bond motifs is 1. The largest absolute Gasteiger partial charge is 0.393 e. The molecule has 0 aliphatic heterocycles. The van der Waals surface area contributed by atoms with Crippen LogP contribution in [-0.4, -0.2) is 34.8 Å². The van der Waals surface area contributed by atoms with E-state index in [1.807, 2.05) is 0 Å². The molecule has 0 saturated heterocycles. The van der Waals surface area contributed by atoms with Gasteiger partial charge in [0.2, 0.25) is 0 Å². The molecule has 2 aromatic rings. The maximum atomic E-state index is 9.55. The number of aliphatic hydroxyl groups excluding tert-OH is 1. The molecule has 1 heterocycles. The van der Waals surface area contributed by atoms with E-state index >= 15 is 0 Å². The Morgan fingerprint density at radius 3 is 2.89 bits per heavy atom. The number of aliphatic hydroxyl groups is 1. The average molecular weight is 259 g/mol. The van der Waals surface area contributed by atoms with E-state index in [9.17, 15) is 5.11 Å². The van der Waals surface area contributed by atoms with Crippen LogP contribution in [0.1, 0.15) is 25.7 Å². The van der Waals surface area contributed by atoms with Crippen LogP contribution in [0.15, 0.2) is 24.5 Å². The number of rotatable bonds is 3. The Morgan fingerprint density at radius 2 is 2.11 bits per heavy atom. The number of hydrogen-bond donors (Lipinski definition) is 2. The van der Waals surface area contributed by atoms with Crippen molar-refractivity contribution in [3.63, 3.8) is 0 Å². The lowest BCUT2D eigenvalue weighted by Crippen LogP contribution is -2.29. The Kier molecular flexibility index (Phi) is 3.42. The van der Waals surface area contributed by atoms with Gasteiger partial charge in [-0.3, -0.25) is 0 Å². The van der Waals surface area contributed by atoms with E-state index in [0.29, 0.717) is 5.92 Å². The van der Waals surface area contributed by atoms with E-state index in [0.717, 1.165) is 43.3 Å². The van der Waals surface area contributed by atoms with Gasteiger partial charge in [0.1, 0.15) is 0 Å². The number of anilines is 1. The first-order chi connectivity index (χ1) is 9.22.